The normalized spacial score (nSPS) is 16.6. The molecule has 0 spiro atoms. The Bertz CT molecular complexity index is 398. The third-order valence-corrected chi connectivity index (χ3v) is 3.82. The lowest BCUT2D eigenvalue weighted by atomic mass is 10.2. The van der Waals surface area contributed by atoms with E-state index < -0.39 is 5.54 Å². The molecular formula is C13H18N2OS. The van der Waals surface area contributed by atoms with E-state index >= 15 is 0 Å². The van der Waals surface area contributed by atoms with Gasteiger partial charge >= 0.3 is 0 Å². The van der Waals surface area contributed by atoms with Crippen LogP contribution in [0.4, 0.5) is 0 Å². The zero-order valence-corrected chi connectivity index (χ0v) is 10.8. The minimum Gasteiger partial charge on any atom is -0.350 e. The monoisotopic (exact) mass is 250 g/mol. The Morgan fingerprint density at radius 1 is 1.41 bits per heavy atom. The number of carbonyl (C=O) groups excluding carboxylic acids is 1. The number of thioether (sulfide) groups is 1. The summed E-state index contributed by atoms with van der Waals surface area (Å²) in [7, 11) is 0. The molecule has 0 aliphatic heterocycles. The van der Waals surface area contributed by atoms with Crippen molar-refractivity contribution in [3.8, 4) is 0 Å². The van der Waals surface area contributed by atoms with E-state index in [2.05, 4.69) is 24.4 Å². The fourth-order valence-corrected chi connectivity index (χ4v) is 2.25. The lowest BCUT2D eigenvalue weighted by Crippen LogP contribution is -2.42. The average Bonchev–Trinajstić information content (AvgIpc) is 3.08. The molecule has 92 valence electrons. The van der Waals surface area contributed by atoms with E-state index in [0.29, 0.717) is 6.54 Å². The fourth-order valence-electron chi connectivity index (χ4n) is 1.59. The van der Waals surface area contributed by atoms with Crippen molar-refractivity contribution in [1.82, 2.24) is 5.32 Å². The zero-order chi connectivity index (χ0) is 12.3. The third kappa shape index (κ3) is 3.23. The summed E-state index contributed by atoms with van der Waals surface area (Å²) in [5.41, 5.74) is 6.35. The number of hydrogen-bond donors (Lipinski definition) is 2. The molecule has 17 heavy (non-hydrogen) atoms. The lowest BCUT2D eigenvalue weighted by molar-refractivity contribution is -0.123. The molecule has 0 radical (unpaired) electrons. The van der Waals surface area contributed by atoms with Gasteiger partial charge in [0.2, 0.25) is 5.91 Å². The van der Waals surface area contributed by atoms with Gasteiger partial charge in [-0.3, -0.25) is 4.79 Å². The van der Waals surface area contributed by atoms with Gasteiger partial charge in [-0.15, -0.1) is 11.8 Å². The van der Waals surface area contributed by atoms with Crippen molar-refractivity contribution in [3.05, 3.63) is 29.8 Å². The van der Waals surface area contributed by atoms with Crippen molar-refractivity contribution in [1.29, 1.82) is 0 Å². The average molecular weight is 250 g/mol. The first kappa shape index (κ1) is 12.5. The number of nitrogens with one attached hydrogen (secondary N) is 1. The maximum Gasteiger partial charge on any atom is 0.240 e. The molecule has 1 amide bonds. The Morgan fingerprint density at radius 3 is 2.59 bits per heavy atom. The molecule has 1 aromatic rings. The molecule has 4 heteroatoms. The molecule has 0 unspecified atom stereocenters. The summed E-state index contributed by atoms with van der Waals surface area (Å²) in [6, 6.07) is 8.28. The summed E-state index contributed by atoms with van der Waals surface area (Å²) in [5, 5.41) is 2.88. The van der Waals surface area contributed by atoms with Crippen LogP contribution in [-0.2, 0) is 11.3 Å². The Balaban J connectivity index is 1.84. The highest BCUT2D eigenvalue weighted by Crippen LogP contribution is 2.32. The van der Waals surface area contributed by atoms with Crippen molar-refractivity contribution in [3.63, 3.8) is 0 Å². The summed E-state index contributed by atoms with van der Waals surface area (Å²) >= 11 is 1.82. The van der Waals surface area contributed by atoms with Gasteiger partial charge in [-0.25, -0.2) is 0 Å². The highest BCUT2D eigenvalue weighted by Gasteiger charge is 2.45. The number of hydrogen-bond acceptors (Lipinski definition) is 3. The summed E-state index contributed by atoms with van der Waals surface area (Å²) < 4.78 is 0. The molecular weight excluding hydrogens is 232 g/mol. The van der Waals surface area contributed by atoms with Gasteiger partial charge in [0.25, 0.3) is 0 Å². The zero-order valence-electron chi connectivity index (χ0n) is 10.0. The van der Waals surface area contributed by atoms with Gasteiger partial charge in [0.05, 0.1) is 5.54 Å². The first-order chi connectivity index (χ1) is 8.14. The largest absolute Gasteiger partial charge is 0.350 e. The second-order valence-electron chi connectivity index (χ2n) is 4.42. The summed E-state index contributed by atoms with van der Waals surface area (Å²) in [6.07, 6.45) is 1.62. The molecule has 0 heterocycles. The van der Waals surface area contributed by atoms with Gasteiger partial charge in [0, 0.05) is 11.4 Å². The lowest BCUT2D eigenvalue weighted by Gasteiger charge is -2.10. The van der Waals surface area contributed by atoms with Crippen LogP contribution in [0.2, 0.25) is 0 Å². The standard InChI is InChI=1S/C13H18N2OS/c1-2-17-11-5-3-10(4-6-11)9-15-12(16)13(14)7-8-13/h3-6H,2,7-9,14H2,1H3,(H,15,16). The molecule has 1 aromatic carbocycles. The van der Waals surface area contributed by atoms with Crippen molar-refractivity contribution in [2.45, 2.75) is 36.7 Å². The van der Waals surface area contributed by atoms with E-state index in [1.165, 1.54) is 4.90 Å². The summed E-state index contributed by atoms with van der Waals surface area (Å²) in [4.78, 5) is 12.9. The molecule has 3 nitrogen and oxygen atoms in total. The fraction of sp³-hybridized carbons (Fsp3) is 0.462. The molecule has 1 fully saturated rings. The van der Waals surface area contributed by atoms with E-state index in [4.69, 9.17) is 5.73 Å². The molecule has 1 saturated carbocycles. The number of rotatable bonds is 5. The Morgan fingerprint density at radius 2 is 2.06 bits per heavy atom. The van der Waals surface area contributed by atoms with Gasteiger partial charge in [0.15, 0.2) is 0 Å². The predicted octanol–water partition coefficient (Wildman–Crippen LogP) is 1.91. The van der Waals surface area contributed by atoms with E-state index in [-0.39, 0.29) is 5.91 Å². The molecule has 0 aromatic heterocycles. The van der Waals surface area contributed by atoms with E-state index in [1.54, 1.807) is 0 Å². The van der Waals surface area contributed by atoms with Crippen LogP contribution in [0.3, 0.4) is 0 Å². The first-order valence-corrected chi connectivity index (χ1v) is 6.91. The first-order valence-electron chi connectivity index (χ1n) is 5.93. The third-order valence-electron chi connectivity index (χ3n) is 2.93. The summed E-state index contributed by atoms with van der Waals surface area (Å²) in [5.74, 6) is 1.05. The highest BCUT2D eigenvalue weighted by molar-refractivity contribution is 7.99. The van der Waals surface area contributed by atoms with Crippen molar-refractivity contribution < 1.29 is 4.79 Å². The van der Waals surface area contributed by atoms with Gasteiger partial charge < -0.3 is 11.1 Å². The minimum atomic E-state index is -0.571. The predicted molar refractivity (Wildman–Crippen MR) is 70.8 cm³/mol. The Kier molecular flexibility index (Phi) is 3.74. The van der Waals surface area contributed by atoms with Crippen LogP contribution in [0.5, 0.6) is 0 Å². The Labute approximate surface area is 106 Å². The van der Waals surface area contributed by atoms with E-state index in [1.807, 2.05) is 23.9 Å². The number of amides is 1. The minimum absolute atomic E-state index is 0.0236. The number of benzene rings is 1. The molecule has 0 bridgehead atoms. The maximum atomic E-state index is 11.6. The van der Waals surface area contributed by atoms with E-state index in [0.717, 1.165) is 24.2 Å². The van der Waals surface area contributed by atoms with Crippen LogP contribution in [0.15, 0.2) is 29.2 Å². The van der Waals surface area contributed by atoms with Crippen LogP contribution in [0.25, 0.3) is 0 Å². The number of nitrogens with two attached hydrogens (primary N) is 1. The molecule has 1 aliphatic carbocycles. The molecule has 2 rings (SSSR count). The van der Waals surface area contributed by atoms with Crippen LogP contribution in [0, 0.1) is 0 Å². The van der Waals surface area contributed by atoms with E-state index in [9.17, 15) is 4.79 Å². The second kappa shape index (κ2) is 5.10. The van der Waals surface area contributed by atoms with Crippen molar-refractivity contribution in [2.24, 2.45) is 5.73 Å². The summed E-state index contributed by atoms with van der Waals surface area (Å²) in [6.45, 7) is 2.70. The van der Waals surface area contributed by atoms with Gasteiger partial charge in [-0.2, -0.15) is 0 Å². The molecule has 0 atom stereocenters. The van der Waals surface area contributed by atoms with Crippen LogP contribution < -0.4 is 11.1 Å². The smallest absolute Gasteiger partial charge is 0.240 e. The molecule has 1 aliphatic rings. The van der Waals surface area contributed by atoms with Crippen LogP contribution in [0.1, 0.15) is 25.3 Å². The van der Waals surface area contributed by atoms with Crippen molar-refractivity contribution >= 4 is 17.7 Å². The Hall–Kier alpha value is -1.00. The molecule has 3 N–H and O–H groups in total. The van der Waals surface area contributed by atoms with Crippen LogP contribution >= 0.6 is 11.8 Å². The number of carbonyl (C=O) groups is 1. The van der Waals surface area contributed by atoms with Crippen LogP contribution in [-0.4, -0.2) is 17.2 Å². The quantitative estimate of drug-likeness (QED) is 0.785. The van der Waals surface area contributed by atoms with Gasteiger partial charge in [-0.05, 0) is 36.3 Å². The maximum absolute atomic E-state index is 11.6. The SMILES string of the molecule is CCSc1ccc(CNC(=O)C2(N)CC2)cc1. The topological polar surface area (TPSA) is 55.1 Å². The van der Waals surface area contributed by atoms with Gasteiger partial charge in [0.1, 0.15) is 0 Å². The second-order valence-corrected chi connectivity index (χ2v) is 5.75. The molecule has 0 saturated heterocycles. The van der Waals surface area contributed by atoms with Gasteiger partial charge in [-0.1, -0.05) is 19.1 Å². The highest BCUT2D eigenvalue weighted by atomic mass is 32.2. The van der Waals surface area contributed by atoms with Crippen molar-refractivity contribution in [2.75, 3.05) is 5.75 Å².